The number of hydrogen-bond donors (Lipinski definition) is 1. The molecule has 7 nitrogen and oxygen atoms in total. The lowest BCUT2D eigenvalue weighted by molar-refractivity contribution is -0.131. The minimum Gasteiger partial charge on any atom is -0.471 e. The van der Waals surface area contributed by atoms with Gasteiger partial charge in [-0.05, 0) is 31.2 Å². The molecule has 0 aliphatic carbocycles. The molecule has 1 atom stereocenters. The van der Waals surface area contributed by atoms with Gasteiger partial charge in [-0.3, -0.25) is 9.59 Å². The molecule has 1 heterocycles. The van der Waals surface area contributed by atoms with Crippen molar-refractivity contribution in [2.24, 2.45) is 0 Å². The fraction of sp³-hybridized carbons (Fsp3) is 0.250. The summed E-state index contributed by atoms with van der Waals surface area (Å²) < 4.78 is 7.05. The topological polar surface area (TPSA) is 76.5 Å². The van der Waals surface area contributed by atoms with Crippen LogP contribution in [-0.4, -0.2) is 45.6 Å². The van der Waals surface area contributed by atoms with Crippen LogP contribution in [0.3, 0.4) is 0 Å². The van der Waals surface area contributed by atoms with Gasteiger partial charge in [-0.1, -0.05) is 29.8 Å². The van der Waals surface area contributed by atoms with Gasteiger partial charge in [0.05, 0.1) is 0 Å². The molecule has 0 fully saturated rings. The van der Waals surface area contributed by atoms with Gasteiger partial charge in [0.2, 0.25) is 5.91 Å². The lowest BCUT2D eigenvalue weighted by Gasteiger charge is -2.23. The van der Waals surface area contributed by atoms with Gasteiger partial charge < -0.3 is 15.0 Å². The van der Waals surface area contributed by atoms with E-state index in [1.165, 1.54) is 4.68 Å². The van der Waals surface area contributed by atoms with Crippen LogP contribution in [0.1, 0.15) is 17.4 Å². The summed E-state index contributed by atoms with van der Waals surface area (Å²) in [6, 6.07) is 7.83. The number of carbonyl (C=O) groups excluding carboxylic acids is 2. The molecular weight excluding hydrogens is 380 g/mol. The Labute approximate surface area is 169 Å². The van der Waals surface area contributed by atoms with E-state index in [1.54, 1.807) is 60.5 Å². The Kier molecular flexibility index (Phi) is 7.83. The van der Waals surface area contributed by atoms with E-state index < -0.39 is 11.9 Å². The molecule has 1 aromatic carbocycles. The molecule has 0 radical (unpaired) electrons. The number of aromatic nitrogens is 2. The van der Waals surface area contributed by atoms with E-state index in [4.69, 9.17) is 16.3 Å². The smallest absolute Gasteiger partial charge is 0.272 e. The Balaban J connectivity index is 1.92. The maximum atomic E-state index is 12.4. The third-order valence-corrected chi connectivity index (χ3v) is 4.00. The summed E-state index contributed by atoms with van der Waals surface area (Å²) >= 11 is 5.91. The van der Waals surface area contributed by atoms with E-state index in [9.17, 15) is 9.59 Å². The Morgan fingerprint density at radius 3 is 2.68 bits per heavy atom. The van der Waals surface area contributed by atoms with Crippen LogP contribution in [0, 0.1) is 0 Å². The molecule has 2 aromatic rings. The third-order valence-electron chi connectivity index (χ3n) is 3.76. The normalized spacial score (nSPS) is 11.4. The molecular formula is C20H23ClN4O3. The SMILES string of the molecule is C=CCN(CC=C)C(=O)C(C)NC(=O)c1ccn(COc2cccc(Cl)c2)n1. The Morgan fingerprint density at radius 2 is 2.04 bits per heavy atom. The van der Waals surface area contributed by atoms with E-state index in [2.05, 4.69) is 23.6 Å². The van der Waals surface area contributed by atoms with Crippen molar-refractivity contribution in [1.82, 2.24) is 20.0 Å². The van der Waals surface area contributed by atoms with E-state index >= 15 is 0 Å². The second kappa shape index (κ2) is 10.3. The molecule has 28 heavy (non-hydrogen) atoms. The largest absolute Gasteiger partial charge is 0.471 e. The maximum absolute atomic E-state index is 12.4. The molecule has 0 saturated heterocycles. The first-order valence-corrected chi connectivity index (χ1v) is 9.05. The molecule has 2 amide bonds. The Bertz CT molecular complexity index is 839. The number of amides is 2. The third kappa shape index (κ3) is 5.99. The van der Waals surface area contributed by atoms with Crippen molar-refractivity contribution in [3.63, 3.8) is 0 Å². The Morgan fingerprint density at radius 1 is 1.32 bits per heavy atom. The van der Waals surface area contributed by atoms with Gasteiger partial charge in [-0.2, -0.15) is 5.10 Å². The zero-order valence-corrected chi connectivity index (χ0v) is 16.4. The average molecular weight is 403 g/mol. The fourth-order valence-corrected chi connectivity index (χ4v) is 2.60. The van der Waals surface area contributed by atoms with Crippen LogP contribution < -0.4 is 10.1 Å². The van der Waals surface area contributed by atoms with Crippen molar-refractivity contribution >= 4 is 23.4 Å². The summed E-state index contributed by atoms with van der Waals surface area (Å²) in [4.78, 5) is 26.4. The zero-order valence-electron chi connectivity index (χ0n) is 15.7. The highest BCUT2D eigenvalue weighted by atomic mass is 35.5. The molecule has 2 rings (SSSR count). The summed E-state index contributed by atoms with van der Waals surface area (Å²) in [5.74, 6) is -0.0749. The van der Waals surface area contributed by atoms with Gasteiger partial charge in [-0.25, -0.2) is 4.68 Å². The first kappa shape index (κ1) is 21.2. The van der Waals surface area contributed by atoms with Gasteiger partial charge in [0.15, 0.2) is 6.73 Å². The van der Waals surface area contributed by atoms with Crippen LogP contribution in [0.4, 0.5) is 0 Å². The predicted octanol–water partition coefficient (Wildman–Crippen LogP) is 2.89. The highest BCUT2D eigenvalue weighted by molar-refractivity contribution is 6.30. The molecule has 1 unspecified atom stereocenters. The average Bonchev–Trinajstić information content (AvgIpc) is 3.15. The van der Waals surface area contributed by atoms with Crippen molar-refractivity contribution in [3.8, 4) is 5.75 Å². The van der Waals surface area contributed by atoms with Crippen LogP contribution in [-0.2, 0) is 11.5 Å². The summed E-state index contributed by atoms with van der Waals surface area (Å²) in [6.07, 6.45) is 4.86. The van der Waals surface area contributed by atoms with Gasteiger partial charge in [0.1, 0.15) is 17.5 Å². The van der Waals surface area contributed by atoms with Crippen molar-refractivity contribution < 1.29 is 14.3 Å². The number of rotatable bonds is 10. The van der Waals surface area contributed by atoms with Crippen LogP contribution in [0.15, 0.2) is 61.8 Å². The van der Waals surface area contributed by atoms with Gasteiger partial charge >= 0.3 is 0 Å². The molecule has 0 saturated carbocycles. The molecule has 1 N–H and O–H groups in total. The summed E-state index contributed by atoms with van der Waals surface area (Å²) in [6.45, 7) is 9.76. The lowest BCUT2D eigenvalue weighted by Crippen LogP contribution is -2.47. The minimum atomic E-state index is -0.708. The second-order valence-corrected chi connectivity index (χ2v) is 6.42. The van der Waals surface area contributed by atoms with E-state index in [0.29, 0.717) is 23.9 Å². The number of carbonyl (C=O) groups is 2. The molecule has 0 aliphatic heterocycles. The standard InChI is InChI=1S/C20H23ClN4O3/c1-4-10-24(11-5-2)20(27)15(3)22-19(26)18-9-12-25(23-18)14-28-17-8-6-7-16(21)13-17/h4-9,12-13,15H,1-2,10-11,14H2,3H3,(H,22,26). The van der Waals surface area contributed by atoms with E-state index in [1.807, 2.05) is 0 Å². The van der Waals surface area contributed by atoms with Crippen molar-refractivity contribution in [1.29, 1.82) is 0 Å². The monoisotopic (exact) mass is 402 g/mol. The van der Waals surface area contributed by atoms with Crippen LogP contribution in [0.2, 0.25) is 5.02 Å². The van der Waals surface area contributed by atoms with Crippen molar-refractivity contribution in [2.75, 3.05) is 13.1 Å². The summed E-state index contributed by atoms with van der Waals surface area (Å²) in [5, 5.41) is 7.39. The first-order chi connectivity index (χ1) is 13.4. The first-order valence-electron chi connectivity index (χ1n) is 8.68. The van der Waals surface area contributed by atoms with Gasteiger partial charge in [0.25, 0.3) is 5.91 Å². The molecule has 8 heteroatoms. The van der Waals surface area contributed by atoms with Crippen molar-refractivity contribution in [3.05, 3.63) is 72.6 Å². The van der Waals surface area contributed by atoms with Crippen LogP contribution >= 0.6 is 11.6 Å². The number of benzene rings is 1. The highest BCUT2D eigenvalue weighted by Crippen LogP contribution is 2.17. The van der Waals surface area contributed by atoms with E-state index in [-0.39, 0.29) is 18.3 Å². The zero-order chi connectivity index (χ0) is 20.5. The number of hydrogen-bond acceptors (Lipinski definition) is 4. The molecule has 1 aromatic heterocycles. The predicted molar refractivity (Wildman–Crippen MR) is 108 cm³/mol. The molecule has 0 aliphatic rings. The quantitative estimate of drug-likeness (QED) is 0.620. The van der Waals surface area contributed by atoms with Crippen LogP contribution in [0.5, 0.6) is 5.75 Å². The van der Waals surface area contributed by atoms with Gasteiger partial charge in [0, 0.05) is 24.3 Å². The molecule has 0 spiro atoms. The summed E-state index contributed by atoms with van der Waals surface area (Å²) in [7, 11) is 0. The molecule has 0 bridgehead atoms. The fourth-order valence-electron chi connectivity index (χ4n) is 2.42. The Hall–Kier alpha value is -3.06. The number of nitrogens with one attached hydrogen (secondary N) is 1. The number of ether oxygens (including phenoxy) is 1. The minimum absolute atomic E-state index is 0.120. The van der Waals surface area contributed by atoms with E-state index in [0.717, 1.165) is 0 Å². The second-order valence-electron chi connectivity index (χ2n) is 5.99. The van der Waals surface area contributed by atoms with Crippen LogP contribution in [0.25, 0.3) is 0 Å². The van der Waals surface area contributed by atoms with Gasteiger partial charge in [-0.15, -0.1) is 13.2 Å². The number of halogens is 1. The summed E-state index contributed by atoms with van der Waals surface area (Å²) in [5.41, 5.74) is 0.188. The van der Waals surface area contributed by atoms with Crippen molar-refractivity contribution in [2.45, 2.75) is 19.7 Å². The molecule has 148 valence electrons. The maximum Gasteiger partial charge on any atom is 0.272 e. The number of nitrogens with zero attached hydrogens (tertiary/aromatic N) is 3. The lowest BCUT2D eigenvalue weighted by atomic mass is 10.2. The highest BCUT2D eigenvalue weighted by Gasteiger charge is 2.22.